The average molecular weight is 425 g/mol. The van der Waals surface area contributed by atoms with E-state index in [0.29, 0.717) is 30.6 Å². The summed E-state index contributed by atoms with van der Waals surface area (Å²) in [6.45, 7) is 5.32. The molecule has 152 valence electrons. The van der Waals surface area contributed by atoms with Crippen LogP contribution in [0.2, 0.25) is 5.02 Å². The van der Waals surface area contributed by atoms with Crippen molar-refractivity contribution >= 4 is 21.6 Å². The molecule has 1 aliphatic rings. The number of benzene rings is 2. The van der Waals surface area contributed by atoms with Crippen molar-refractivity contribution in [2.45, 2.75) is 17.9 Å². The number of hydrogen-bond donors (Lipinski definition) is 1. The zero-order chi connectivity index (χ0) is 20.0. The lowest BCUT2D eigenvalue weighted by Crippen LogP contribution is -2.43. The van der Waals surface area contributed by atoms with Crippen molar-refractivity contribution in [3.05, 3.63) is 59.1 Å². The molecule has 1 unspecified atom stereocenters. The summed E-state index contributed by atoms with van der Waals surface area (Å²) in [6, 6.07) is 13.8. The van der Waals surface area contributed by atoms with Crippen molar-refractivity contribution < 1.29 is 17.9 Å². The topological polar surface area (TPSA) is 67.9 Å². The van der Waals surface area contributed by atoms with Gasteiger partial charge in [-0.2, -0.15) is 0 Å². The predicted octanol–water partition coefficient (Wildman–Crippen LogP) is 3.09. The van der Waals surface area contributed by atoms with E-state index in [1.54, 1.807) is 24.3 Å². The molecule has 28 heavy (non-hydrogen) atoms. The number of nitrogens with one attached hydrogen (secondary N) is 1. The van der Waals surface area contributed by atoms with Gasteiger partial charge in [-0.1, -0.05) is 29.8 Å². The Morgan fingerprint density at radius 1 is 1.14 bits per heavy atom. The fourth-order valence-electron chi connectivity index (χ4n) is 3.22. The zero-order valence-corrected chi connectivity index (χ0v) is 17.4. The highest BCUT2D eigenvalue weighted by Gasteiger charge is 2.26. The van der Waals surface area contributed by atoms with Crippen molar-refractivity contribution in [3.8, 4) is 5.75 Å². The molecule has 0 aliphatic carbocycles. The third-order valence-electron chi connectivity index (χ3n) is 4.66. The summed E-state index contributed by atoms with van der Waals surface area (Å²) < 4.78 is 39.1. The van der Waals surface area contributed by atoms with Crippen molar-refractivity contribution in [2.24, 2.45) is 0 Å². The van der Waals surface area contributed by atoms with Crippen LogP contribution in [0.3, 0.4) is 0 Å². The van der Waals surface area contributed by atoms with Gasteiger partial charge >= 0.3 is 0 Å². The summed E-state index contributed by atoms with van der Waals surface area (Å²) in [7, 11) is -3.65. The molecule has 2 aromatic carbocycles. The van der Waals surface area contributed by atoms with E-state index in [1.807, 2.05) is 31.2 Å². The molecule has 6 nitrogen and oxygen atoms in total. The number of ether oxygens (including phenoxy) is 2. The molecule has 1 fully saturated rings. The van der Waals surface area contributed by atoms with Gasteiger partial charge in [0.2, 0.25) is 10.0 Å². The Labute approximate surface area is 171 Å². The number of nitrogens with zero attached hydrogens (tertiary/aromatic N) is 1. The highest BCUT2D eigenvalue weighted by molar-refractivity contribution is 7.89. The second-order valence-electron chi connectivity index (χ2n) is 6.44. The van der Waals surface area contributed by atoms with Gasteiger partial charge in [0.05, 0.1) is 24.7 Å². The Balaban J connectivity index is 1.77. The number of morpholine rings is 1. The Kier molecular flexibility index (Phi) is 7.31. The summed E-state index contributed by atoms with van der Waals surface area (Å²) in [6.07, 6.45) is 0. The highest BCUT2D eigenvalue weighted by atomic mass is 35.5. The molecule has 0 amide bonds. The summed E-state index contributed by atoms with van der Waals surface area (Å²) in [5, 5.41) is 0.624. The first-order valence-electron chi connectivity index (χ1n) is 9.30. The second kappa shape index (κ2) is 9.71. The molecule has 1 aliphatic heterocycles. The Morgan fingerprint density at radius 3 is 2.46 bits per heavy atom. The van der Waals surface area contributed by atoms with Crippen LogP contribution in [0, 0.1) is 0 Å². The normalized spacial score (nSPS) is 16.6. The van der Waals surface area contributed by atoms with E-state index in [0.717, 1.165) is 18.7 Å². The molecule has 8 heteroatoms. The molecule has 0 spiro atoms. The monoisotopic (exact) mass is 424 g/mol. The maximum absolute atomic E-state index is 12.8. The van der Waals surface area contributed by atoms with Crippen LogP contribution in [0.25, 0.3) is 0 Å². The van der Waals surface area contributed by atoms with Gasteiger partial charge in [-0.15, -0.1) is 0 Å². The van der Waals surface area contributed by atoms with Gasteiger partial charge < -0.3 is 9.47 Å². The van der Waals surface area contributed by atoms with E-state index in [2.05, 4.69) is 9.62 Å². The van der Waals surface area contributed by atoms with Gasteiger partial charge in [0.15, 0.2) is 0 Å². The second-order valence-corrected chi connectivity index (χ2v) is 8.62. The number of hydrogen-bond acceptors (Lipinski definition) is 5. The molecule has 0 bridgehead atoms. The molecule has 1 heterocycles. The van der Waals surface area contributed by atoms with Crippen LogP contribution in [-0.4, -0.2) is 52.8 Å². The predicted molar refractivity (Wildman–Crippen MR) is 109 cm³/mol. The standard InChI is InChI=1S/C20H25ClN2O4S/c1-2-27-16-7-9-17(10-8-16)28(24,25)22-15-20(23-11-13-26-14-12-23)18-5-3-4-6-19(18)21/h3-10,20,22H,2,11-15H2,1H3. The lowest BCUT2D eigenvalue weighted by molar-refractivity contribution is 0.0172. The fraction of sp³-hybridized carbons (Fsp3) is 0.400. The van der Waals surface area contributed by atoms with E-state index in [4.69, 9.17) is 21.1 Å². The summed E-state index contributed by atoms with van der Waals surface area (Å²) in [5.41, 5.74) is 0.903. The first-order chi connectivity index (χ1) is 13.5. The minimum atomic E-state index is -3.65. The van der Waals surface area contributed by atoms with Crippen LogP contribution in [0.5, 0.6) is 5.75 Å². The maximum atomic E-state index is 12.8. The van der Waals surface area contributed by atoms with E-state index < -0.39 is 10.0 Å². The molecular formula is C20H25ClN2O4S. The molecule has 1 N–H and O–H groups in total. The summed E-state index contributed by atoms with van der Waals surface area (Å²) >= 11 is 6.40. The van der Waals surface area contributed by atoms with Crippen molar-refractivity contribution in [2.75, 3.05) is 39.5 Å². The summed E-state index contributed by atoms with van der Waals surface area (Å²) in [5.74, 6) is 0.642. The molecule has 0 aromatic heterocycles. The van der Waals surface area contributed by atoms with Crippen molar-refractivity contribution in [1.29, 1.82) is 0 Å². The molecular weight excluding hydrogens is 400 g/mol. The van der Waals surface area contributed by atoms with E-state index in [-0.39, 0.29) is 17.5 Å². The van der Waals surface area contributed by atoms with E-state index in [9.17, 15) is 8.42 Å². The number of sulfonamides is 1. The van der Waals surface area contributed by atoms with E-state index in [1.165, 1.54) is 0 Å². The first kappa shape index (κ1) is 21.1. The third kappa shape index (κ3) is 5.24. The lowest BCUT2D eigenvalue weighted by atomic mass is 10.0. The fourth-order valence-corrected chi connectivity index (χ4v) is 4.52. The molecule has 1 saturated heterocycles. The van der Waals surface area contributed by atoms with Crippen LogP contribution < -0.4 is 9.46 Å². The third-order valence-corrected chi connectivity index (χ3v) is 6.45. The zero-order valence-electron chi connectivity index (χ0n) is 15.8. The highest BCUT2D eigenvalue weighted by Crippen LogP contribution is 2.28. The number of rotatable bonds is 8. The first-order valence-corrected chi connectivity index (χ1v) is 11.2. The van der Waals surface area contributed by atoms with Gasteiger partial charge in [-0.3, -0.25) is 4.90 Å². The van der Waals surface area contributed by atoms with E-state index >= 15 is 0 Å². The van der Waals surface area contributed by atoms with Gasteiger partial charge in [0.1, 0.15) is 5.75 Å². The Morgan fingerprint density at radius 2 is 1.82 bits per heavy atom. The maximum Gasteiger partial charge on any atom is 0.240 e. The minimum Gasteiger partial charge on any atom is -0.494 e. The van der Waals surface area contributed by atoms with Crippen LogP contribution in [0.1, 0.15) is 18.5 Å². The van der Waals surface area contributed by atoms with Crippen LogP contribution >= 0.6 is 11.6 Å². The van der Waals surface area contributed by atoms with Gasteiger partial charge in [0.25, 0.3) is 0 Å². The Hall–Kier alpha value is -1.64. The quantitative estimate of drug-likeness (QED) is 0.705. The van der Waals surface area contributed by atoms with Gasteiger partial charge in [0, 0.05) is 30.7 Å². The molecule has 0 radical (unpaired) electrons. The van der Waals surface area contributed by atoms with Gasteiger partial charge in [-0.05, 0) is 42.8 Å². The molecule has 3 rings (SSSR count). The number of halogens is 1. The minimum absolute atomic E-state index is 0.171. The average Bonchev–Trinajstić information content (AvgIpc) is 2.71. The molecule has 2 aromatic rings. The van der Waals surface area contributed by atoms with Gasteiger partial charge in [-0.25, -0.2) is 13.1 Å². The van der Waals surface area contributed by atoms with Crippen LogP contribution in [0.15, 0.2) is 53.4 Å². The summed E-state index contributed by atoms with van der Waals surface area (Å²) in [4.78, 5) is 2.40. The van der Waals surface area contributed by atoms with Crippen LogP contribution in [0.4, 0.5) is 0 Å². The van der Waals surface area contributed by atoms with Crippen LogP contribution in [-0.2, 0) is 14.8 Å². The molecule has 0 saturated carbocycles. The van der Waals surface area contributed by atoms with Crippen molar-refractivity contribution in [1.82, 2.24) is 9.62 Å². The SMILES string of the molecule is CCOc1ccc(S(=O)(=O)NCC(c2ccccc2Cl)N2CCOCC2)cc1. The molecule has 1 atom stereocenters. The lowest BCUT2D eigenvalue weighted by Gasteiger charge is -2.35. The Bertz CT molecular complexity index is 868. The largest absolute Gasteiger partial charge is 0.494 e. The van der Waals surface area contributed by atoms with Crippen molar-refractivity contribution in [3.63, 3.8) is 0 Å². The smallest absolute Gasteiger partial charge is 0.240 e.